The third-order valence-electron chi connectivity index (χ3n) is 6.42. The summed E-state index contributed by atoms with van der Waals surface area (Å²) in [6, 6.07) is 27.6. The van der Waals surface area contributed by atoms with Crippen molar-refractivity contribution in [2.24, 2.45) is 9.98 Å². The quantitative estimate of drug-likeness (QED) is 0.226. The maximum absolute atomic E-state index is 8.00. The van der Waals surface area contributed by atoms with Gasteiger partial charge >= 0.3 is 0 Å². The van der Waals surface area contributed by atoms with E-state index in [0.717, 1.165) is 47.5 Å². The zero-order chi connectivity index (χ0) is 28.8. The van der Waals surface area contributed by atoms with Gasteiger partial charge in [0, 0.05) is 11.4 Å². The van der Waals surface area contributed by atoms with Crippen LogP contribution >= 0.6 is 46.4 Å². The minimum atomic E-state index is 0.561. The molecule has 0 aromatic heterocycles. The molecule has 0 atom stereocenters. The molecule has 0 bridgehead atoms. The summed E-state index contributed by atoms with van der Waals surface area (Å²) in [5.74, 6) is 1.91. The van der Waals surface area contributed by atoms with E-state index < -0.39 is 0 Å². The van der Waals surface area contributed by atoms with Crippen molar-refractivity contribution in [1.82, 2.24) is 0 Å². The molecule has 0 radical (unpaired) electrons. The monoisotopic (exact) mass is 610 g/mol. The number of carbonyl (C=O) groups is 1. The van der Waals surface area contributed by atoms with Crippen LogP contribution in [0.25, 0.3) is 0 Å². The molecule has 40 heavy (non-hydrogen) atoms. The van der Waals surface area contributed by atoms with E-state index in [9.17, 15) is 0 Å². The average molecular weight is 612 g/mol. The fraction of sp³-hybridized carbons (Fsp3) is 0.129. The number of nitrogens with zero attached hydrogens (tertiary/aromatic N) is 4. The van der Waals surface area contributed by atoms with E-state index in [1.165, 1.54) is 11.1 Å². The molecule has 0 unspecified atom stereocenters. The number of para-hydroxylation sites is 2. The minimum absolute atomic E-state index is 0.561. The molecule has 2 aliphatic heterocycles. The fourth-order valence-electron chi connectivity index (χ4n) is 4.41. The van der Waals surface area contributed by atoms with Gasteiger partial charge in [-0.3, -0.25) is 0 Å². The second-order valence-electron chi connectivity index (χ2n) is 8.94. The number of anilines is 2. The van der Waals surface area contributed by atoms with Gasteiger partial charge in [-0.05, 0) is 73.5 Å². The standard InChI is InChI=1S/2C15H12Cl2N2.CH2O/c2*1-10-18-15-5-3-2-4-11(15)9-19(10)12-6-7-13(16)14(17)8-12;1-2/h2*2-8H,9H2,1H3;1H2. The van der Waals surface area contributed by atoms with Crippen LogP contribution in [0, 0.1) is 0 Å². The van der Waals surface area contributed by atoms with E-state index in [0.29, 0.717) is 20.1 Å². The molecule has 9 heteroatoms. The van der Waals surface area contributed by atoms with Gasteiger partial charge in [0.05, 0.1) is 44.6 Å². The van der Waals surface area contributed by atoms with Crippen molar-refractivity contribution in [3.05, 3.63) is 116 Å². The molecule has 5 nitrogen and oxygen atoms in total. The Bertz CT molecular complexity index is 1470. The van der Waals surface area contributed by atoms with Gasteiger partial charge in [0.25, 0.3) is 0 Å². The normalized spacial score (nSPS) is 13.4. The average Bonchev–Trinajstić information content (AvgIpc) is 2.97. The van der Waals surface area contributed by atoms with Crippen molar-refractivity contribution in [3.63, 3.8) is 0 Å². The van der Waals surface area contributed by atoms with Gasteiger partial charge in [0.2, 0.25) is 0 Å². The second kappa shape index (κ2) is 13.3. The molecular formula is C31H26Cl4N4O. The molecule has 6 rings (SSSR count). The highest BCUT2D eigenvalue weighted by Gasteiger charge is 2.19. The summed E-state index contributed by atoms with van der Waals surface area (Å²) in [5, 5.41) is 2.26. The molecule has 2 heterocycles. The molecule has 0 saturated heterocycles. The number of rotatable bonds is 2. The SMILES string of the molecule is C=O.CC1=Nc2ccccc2CN1c1ccc(Cl)c(Cl)c1.CC1=Nc2ccccc2CN1c1ccc(Cl)c(Cl)c1. The molecule has 4 aromatic rings. The number of fused-ring (bicyclic) bond motifs is 2. The van der Waals surface area contributed by atoms with E-state index in [1.54, 1.807) is 0 Å². The zero-order valence-electron chi connectivity index (χ0n) is 21.9. The molecule has 0 N–H and O–H groups in total. The Morgan fingerprint density at radius 2 is 0.950 bits per heavy atom. The van der Waals surface area contributed by atoms with Crippen LogP contribution in [0.15, 0.2) is 94.9 Å². The molecule has 2 aliphatic rings. The van der Waals surface area contributed by atoms with Crippen molar-refractivity contribution in [1.29, 1.82) is 0 Å². The smallest absolute Gasteiger partial charge is 0.106 e. The number of amidine groups is 2. The lowest BCUT2D eigenvalue weighted by Gasteiger charge is -2.29. The molecule has 204 valence electrons. The summed E-state index contributed by atoms with van der Waals surface area (Å²) >= 11 is 24.1. The first-order valence-electron chi connectivity index (χ1n) is 12.3. The zero-order valence-corrected chi connectivity index (χ0v) is 24.9. The lowest BCUT2D eigenvalue weighted by molar-refractivity contribution is -0.0979. The fourth-order valence-corrected chi connectivity index (χ4v) is 4.99. The lowest BCUT2D eigenvalue weighted by atomic mass is 10.1. The molecule has 0 spiro atoms. The van der Waals surface area contributed by atoms with Crippen LogP contribution in [0.4, 0.5) is 22.7 Å². The number of benzene rings is 4. The van der Waals surface area contributed by atoms with Gasteiger partial charge in [-0.2, -0.15) is 0 Å². The highest BCUT2D eigenvalue weighted by molar-refractivity contribution is 6.42. The second-order valence-corrected chi connectivity index (χ2v) is 10.6. The third-order valence-corrected chi connectivity index (χ3v) is 7.89. The highest BCUT2D eigenvalue weighted by Crippen LogP contribution is 2.34. The summed E-state index contributed by atoms with van der Waals surface area (Å²) < 4.78 is 0. The van der Waals surface area contributed by atoms with E-state index in [4.69, 9.17) is 51.2 Å². The first-order valence-corrected chi connectivity index (χ1v) is 13.8. The van der Waals surface area contributed by atoms with Crippen molar-refractivity contribution < 1.29 is 4.79 Å². The van der Waals surface area contributed by atoms with E-state index in [-0.39, 0.29) is 0 Å². The van der Waals surface area contributed by atoms with E-state index in [2.05, 4.69) is 31.9 Å². The number of hydrogen-bond acceptors (Lipinski definition) is 5. The lowest BCUT2D eigenvalue weighted by Crippen LogP contribution is -2.30. The summed E-state index contributed by atoms with van der Waals surface area (Å²) in [6.07, 6.45) is 0. The molecule has 0 fully saturated rings. The Morgan fingerprint density at radius 1 is 0.575 bits per heavy atom. The van der Waals surface area contributed by atoms with Crippen LogP contribution in [-0.2, 0) is 17.9 Å². The van der Waals surface area contributed by atoms with Crippen molar-refractivity contribution >= 4 is 87.6 Å². The largest absolute Gasteiger partial charge is 0.325 e. The summed E-state index contributed by atoms with van der Waals surface area (Å²) in [4.78, 5) is 21.5. The van der Waals surface area contributed by atoms with Gasteiger partial charge in [-0.1, -0.05) is 82.8 Å². The maximum Gasteiger partial charge on any atom is 0.106 e. The van der Waals surface area contributed by atoms with Crippen LogP contribution in [0.5, 0.6) is 0 Å². The Balaban J connectivity index is 0.000000174. The number of carbonyl (C=O) groups excluding carboxylic acids is 1. The summed E-state index contributed by atoms with van der Waals surface area (Å²) in [6.45, 7) is 7.59. The van der Waals surface area contributed by atoms with Crippen LogP contribution in [-0.4, -0.2) is 18.5 Å². The number of halogens is 4. The molecule has 0 amide bonds. The van der Waals surface area contributed by atoms with Crippen LogP contribution in [0.3, 0.4) is 0 Å². The van der Waals surface area contributed by atoms with Gasteiger partial charge in [-0.15, -0.1) is 0 Å². The van der Waals surface area contributed by atoms with Gasteiger partial charge in [0.1, 0.15) is 18.5 Å². The Morgan fingerprint density at radius 3 is 1.32 bits per heavy atom. The predicted molar refractivity (Wildman–Crippen MR) is 171 cm³/mol. The summed E-state index contributed by atoms with van der Waals surface area (Å²) in [7, 11) is 0. The molecular weight excluding hydrogens is 586 g/mol. The Labute approximate surface area is 254 Å². The first-order chi connectivity index (χ1) is 19.3. The van der Waals surface area contributed by atoms with Gasteiger partial charge in [0.15, 0.2) is 0 Å². The van der Waals surface area contributed by atoms with Crippen LogP contribution < -0.4 is 9.80 Å². The molecule has 0 saturated carbocycles. The Hall–Kier alpha value is -3.35. The highest BCUT2D eigenvalue weighted by atomic mass is 35.5. The third kappa shape index (κ3) is 6.68. The van der Waals surface area contributed by atoms with Crippen LogP contribution in [0.2, 0.25) is 20.1 Å². The minimum Gasteiger partial charge on any atom is -0.325 e. The van der Waals surface area contributed by atoms with Gasteiger partial charge in [-0.25, -0.2) is 9.98 Å². The number of hydrogen-bond donors (Lipinski definition) is 0. The molecule has 0 aliphatic carbocycles. The van der Waals surface area contributed by atoms with Gasteiger partial charge < -0.3 is 14.6 Å². The van der Waals surface area contributed by atoms with Crippen LogP contribution in [0.1, 0.15) is 25.0 Å². The Kier molecular flexibility index (Phi) is 9.88. The van der Waals surface area contributed by atoms with Crippen molar-refractivity contribution in [2.75, 3.05) is 9.80 Å². The topological polar surface area (TPSA) is 48.3 Å². The summed E-state index contributed by atoms with van der Waals surface area (Å²) in [5.41, 5.74) is 6.50. The first kappa shape index (κ1) is 29.6. The number of aliphatic imine (C=N–C) groups is 2. The van der Waals surface area contributed by atoms with E-state index >= 15 is 0 Å². The molecule has 4 aromatic carbocycles. The van der Waals surface area contributed by atoms with Crippen molar-refractivity contribution in [3.8, 4) is 0 Å². The van der Waals surface area contributed by atoms with Crippen molar-refractivity contribution in [2.45, 2.75) is 26.9 Å². The predicted octanol–water partition coefficient (Wildman–Crippen LogP) is 9.94. The maximum atomic E-state index is 8.00. The van der Waals surface area contributed by atoms with E-state index in [1.807, 2.05) is 93.4 Å².